The first-order valence-electron chi connectivity index (χ1n) is 10.9. The highest BCUT2D eigenvalue weighted by molar-refractivity contribution is 6.30. The Hall–Kier alpha value is -3.58. The summed E-state index contributed by atoms with van der Waals surface area (Å²) in [7, 11) is 0. The third-order valence-corrected chi connectivity index (χ3v) is 6.33. The van der Waals surface area contributed by atoms with Crippen LogP contribution in [-0.4, -0.2) is 51.3 Å². The van der Waals surface area contributed by atoms with Crippen molar-refractivity contribution in [1.29, 1.82) is 0 Å². The summed E-state index contributed by atoms with van der Waals surface area (Å²) < 4.78 is 3.26. The van der Waals surface area contributed by atoms with E-state index in [0.717, 1.165) is 30.0 Å². The second-order valence-electron chi connectivity index (χ2n) is 8.19. The van der Waals surface area contributed by atoms with E-state index in [1.54, 1.807) is 10.9 Å². The molecule has 0 saturated carbocycles. The molecule has 0 bridgehead atoms. The maximum absolute atomic E-state index is 13.2. The van der Waals surface area contributed by atoms with Gasteiger partial charge >= 0.3 is 0 Å². The maximum atomic E-state index is 13.2. The molecule has 2 aromatic carbocycles. The van der Waals surface area contributed by atoms with Crippen LogP contribution in [0.2, 0.25) is 5.02 Å². The average Bonchev–Trinajstić information content (AvgIpc) is 3.18. The molecule has 0 spiro atoms. The smallest absolute Gasteiger partial charge is 0.262 e. The Morgan fingerprint density at radius 1 is 0.970 bits per heavy atom. The standard InChI is InChI=1S/C25H24ClN5O2/c1-18-24-22(31(27-18)20-7-3-2-4-8-20)10-11-30(25(24)33)17-23(32)29-14-12-28(13-15-29)21-9-5-6-19(26)16-21/h2-11,16H,12-15,17H2,1H3. The van der Waals surface area contributed by atoms with Gasteiger partial charge in [0, 0.05) is 43.1 Å². The van der Waals surface area contributed by atoms with Crippen LogP contribution in [-0.2, 0) is 11.3 Å². The van der Waals surface area contributed by atoms with Crippen molar-refractivity contribution in [2.45, 2.75) is 13.5 Å². The van der Waals surface area contributed by atoms with Gasteiger partial charge in [-0.05, 0) is 43.3 Å². The van der Waals surface area contributed by atoms with Crippen molar-refractivity contribution in [1.82, 2.24) is 19.2 Å². The first kappa shape index (κ1) is 21.3. The molecule has 3 heterocycles. The third kappa shape index (κ3) is 4.12. The molecule has 7 nitrogen and oxygen atoms in total. The number of halogens is 1. The van der Waals surface area contributed by atoms with Gasteiger partial charge in [0.1, 0.15) is 6.54 Å². The zero-order valence-corrected chi connectivity index (χ0v) is 19.1. The van der Waals surface area contributed by atoms with Gasteiger partial charge in [0.25, 0.3) is 5.56 Å². The number of hydrogen-bond donors (Lipinski definition) is 0. The normalized spacial score (nSPS) is 14.1. The van der Waals surface area contributed by atoms with Crippen LogP contribution >= 0.6 is 11.6 Å². The Balaban J connectivity index is 1.32. The molecule has 0 radical (unpaired) electrons. The van der Waals surface area contributed by atoms with E-state index in [2.05, 4.69) is 10.00 Å². The summed E-state index contributed by atoms with van der Waals surface area (Å²) in [5.41, 5.74) is 3.14. The van der Waals surface area contributed by atoms with Gasteiger partial charge in [-0.25, -0.2) is 4.68 Å². The molecule has 1 amide bonds. The molecular weight excluding hydrogens is 438 g/mol. The Morgan fingerprint density at radius 2 is 1.70 bits per heavy atom. The lowest BCUT2D eigenvalue weighted by Crippen LogP contribution is -2.50. The zero-order chi connectivity index (χ0) is 22.9. The number of carbonyl (C=O) groups excluding carboxylic acids is 1. The second kappa shape index (κ2) is 8.75. The van der Waals surface area contributed by atoms with Gasteiger partial charge < -0.3 is 14.4 Å². The highest BCUT2D eigenvalue weighted by Gasteiger charge is 2.23. The van der Waals surface area contributed by atoms with Crippen molar-refractivity contribution in [3.8, 4) is 5.69 Å². The number of benzene rings is 2. The molecule has 0 atom stereocenters. The molecule has 8 heteroatoms. The van der Waals surface area contributed by atoms with Gasteiger partial charge in [0.05, 0.1) is 22.3 Å². The summed E-state index contributed by atoms with van der Waals surface area (Å²) in [4.78, 5) is 30.2. The van der Waals surface area contributed by atoms with E-state index in [0.29, 0.717) is 29.2 Å². The number of aryl methyl sites for hydroxylation is 1. The maximum Gasteiger partial charge on any atom is 0.262 e. The van der Waals surface area contributed by atoms with Crippen molar-refractivity contribution < 1.29 is 4.79 Å². The molecule has 0 N–H and O–H groups in total. The van der Waals surface area contributed by atoms with Crippen LogP contribution < -0.4 is 10.5 Å². The number of aromatic nitrogens is 3. The lowest BCUT2D eigenvalue weighted by molar-refractivity contribution is -0.132. The van der Waals surface area contributed by atoms with Crippen molar-refractivity contribution in [3.63, 3.8) is 0 Å². The Kier molecular flexibility index (Phi) is 5.64. The summed E-state index contributed by atoms with van der Waals surface area (Å²) >= 11 is 6.11. The third-order valence-electron chi connectivity index (χ3n) is 6.10. The van der Waals surface area contributed by atoms with E-state index in [4.69, 9.17) is 11.6 Å². The number of fused-ring (bicyclic) bond motifs is 1. The van der Waals surface area contributed by atoms with Gasteiger partial charge in [-0.2, -0.15) is 5.10 Å². The molecule has 0 aliphatic carbocycles. The number of pyridine rings is 1. The van der Waals surface area contributed by atoms with E-state index in [-0.39, 0.29) is 18.0 Å². The van der Waals surface area contributed by atoms with Crippen molar-refractivity contribution in [2.24, 2.45) is 0 Å². The molecule has 4 aromatic rings. The van der Waals surface area contributed by atoms with Crippen LogP contribution in [0.15, 0.2) is 71.7 Å². The Labute approximate surface area is 196 Å². The summed E-state index contributed by atoms with van der Waals surface area (Å²) in [6.07, 6.45) is 1.69. The largest absolute Gasteiger partial charge is 0.368 e. The van der Waals surface area contributed by atoms with E-state index in [9.17, 15) is 9.59 Å². The predicted molar refractivity (Wildman–Crippen MR) is 130 cm³/mol. The van der Waals surface area contributed by atoms with Gasteiger partial charge in [-0.15, -0.1) is 0 Å². The number of para-hydroxylation sites is 1. The number of rotatable bonds is 4. The van der Waals surface area contributed by atoms with Crippen molar-refractivity contribution in [3.05, 3.63) is 87.9 Å². The molecule has 33 heavy (non-hydrogen) atoms. The van der Waals surface area contributed by atoms with E-state index >= 15 is 0 Å². The fourth-order valence-corrected chi connectivity index (χ4v) is 4.54. The minimum Gasteiger partial charge on any atom is -0.368 e. The first-order valence-corrected chi connectivity index (χ1v) is 11.3. The van der Waals surface area contributed by atoms with Crippen LogP contribution in [0.1, 0.15) is 5.69 Å². The van der Waals surface area contributed by atoms with Crippen LogP contribution in [0.4, 0.5) is 5.69 Å². The molecule has 2 aromatic heterocycles. The van der Waals surface area contributed by atoms with Crippen LogP contribution in [0, 0.1) is 6.92 Å². The topological polar surface area (TPSA) is 63.4 Å². The van der Waals surface area contributed by atoms with Gasteiger partial charge in [0.2, 0.25) is 5.91 Å². The quantitative estimate of drug-likeness (QED) is 0.466. The molecule has 5 rings (SSSR count). The number of piperazine rings is 1. The van der Waals surface area contributed by atoms with Crippen molar-refractivity contribution in [2.75, 3.05) is 31.1 Å². The minimum absolute atomic E-state index is 0.0158. The second-order valence-corrected chi connectivity index (χ2v) is 8.63. The summed E-state index contributed by atoms with van der Waals surface area (Å²) in [6.45, 7) is 4.50. The monoisotopic (exact) mass is 461 g/mol. The van der Waals surface area contributed by atoms with Crippen molar-refractivity contribution >= 4 is 34.1 Å². The number of carbonyl (C=O) groups is 1. The Morgan fingerprint density at radius 3 is 2.42 bits per heavy atom. The highest BCUT2D eigenvalue weighted by Crippen LogP contribution is 2.21. The van der Waals surface area contributed by atoms with Gasteiger partial charge in [-0.3, -0.25) is 9.59 Å². The van der Waals surface area contributed by atoms with Crippen LogP contribution in [0.3, 0.4) is 0 Å². The van der Waals surface area contributed by atoms with E-state index in [1.165, 1.54) is 4.57 Å². The predicted octanol–water partition coefficient (Wildman–Crippen LogP) is 3.50. The molecule has 168 valence electrons. The highest BCUT2D eigenvalue weighted by atomic mass is 35.5. The fourth-order valence-electron chi connectivity index (χ4n) is 4.36. The fraction of sp³-hybridized carbons (Fsp3) is 0.240. The number of anilines is 1. The summed E-state index contributed by atoms with van der Waals surface area (Å²) in [6, 6.07) is 19.3. The number of hydrogen-bond acceptors (Lipinski definition) is 4. The Bertz CT molecular complexity index is 1370. The first-order chi connectivity index (χ1) is 16.0. The molecule has 1 aliphatic rings. The summed E-state index contributed by atoms with van der Waals surface area (Å²) in [5.74, 6) is -0.0599. The number of nitrogens with zero attached hydrogens (tertiary/aromatic N) is 5. The minimum atomic E-state index is -0.196. The molecule has 1 saturated heterocycles. The van der Waals surface area contributed by atoms with Crippen LogP contribution in [0.25, 0.3) is 16.6 Å². The van der Waals surface area contributed by atoms with E-state index in [1.807, 2.05) is 72.5 Å². The SMILES string of the molecule is Cc1nn(-c2ccccc2)c2ccn(CC(=O)N3CCN(c4cccc(Cl)c4)CC3)c(=O)c12. The average molecular weight is 462 g/mol. The summed E-state index contributed by atoms with van der Waals surface area (Å²) in [5, 5.41) is 5.81. The number of amides is 1. The molecular formula is C25H24ClN5O2. The molecule has 0 unspecified atom stereocenters. The van der Waals surface area contributed by atoms with E-state index < -0.39 is 0 Å². The van der Waals surface area contributed by atoms with Gasteiger partial charge in [0.15, 0.2) is 0 Å². The molecule has 1 fully saturated rings. The lowest BCUT2D eigenvalue weighted by Gasteiger charge is -2.36. The molecule has 1 aliphatic heterocycles. The zero-order valence-electron chi connectivity index (χ0n) is 18.3. The lowest BCUT2D eigenvalue weighted by atomic mass is 10.2. The van der Waals surface area contributed by atoms with Crippen LogP contribution in [0.5, 0.6) is 0 Å². The van der Waals surface area contributed by atoms with Gasteiger partial charge in [-0.1, -0.05) is 35.9 Å².